The predicted octanol–water partition coefficient (Wildman–Crippen LogP) is 0.929. The molecule has 1 amide bonds. The lowest BCUT2D eigenvalue weighted by Gasteiger charge is -2.09. The number of anilines is 1. The van der Waals surface area contributed by atoms with Gasteiger partial charge in [-0.15, -0.1) is 0 Å². The van der Waals surface area contributed by atoms with Crippen molar-refractivity contribution in [1.82, 2.24) is 10.3 Å². The van der Waals surface area contributed by atoms with E-state index in [1.165, 1.54) is 19.1 Å². The SMILES string of the molecule is Nc1nc(C(=O)NC2CCCC2)co1. The number of hydrogen-bond donors (Lipinski definition) is 2. The van der Waals surface area contributed by atoms with Gasteiger partial charge < -0.3 is 15.5 Å². The molecule has 5 nitrogen and oxygen atoms in total. The third kappa shape index (κ3) is 1.86. The van der Waals surface area contributed by atoms with Crippen LogP contribution in [-0.4, -0.2) is 16.9 Å². The number of hydrogen-bond acceptors (Lipinski definition) is 4. The Bertz CT molecular complexity index is 329. The van der Waals surface area contributed by atoms with Crippen LogP contribution in [0.15, 0.2) is 10.7 Å². The smallest absolute Gasteiger partial charge is 0.292 e. The normalized spacial score (nSPS) is 17.1. The molecule has 1 aromatic rings. The van der Waals surface area contributed by atoms with Crippen molar-refractivity contribution in [2.24, 2.45) is 0 Å². The first-order chi connectivity index (χ1) is 6.75. The molecular weight excluding hydrogens is 182 g/mol. The van der Waals surface area contributed by atoms with E-state index in [-0.39, 0.29) is 17.6 Å². The maximum absolute atomic E-state index is 11.5. The minimum Gasteiger partial charge on any atom is -0.431 e. The van der Waals surface area contributed by atoms with E-state index in [2.05, 4.69) is 10.3 Å². The first kappa shape index (κ1) is 9.05. The highest BCUT2D eigenvalue weighted by Gasteiger charge is 2.19. The Morgan fingerprint density at radius 1 is 1.57 bits per heavy atom. The fraction of sp³-hybridized carbons (Fsp3) is 0.556. The Hall–Kier alpha value is -1.52. The lowest BCUT2D eigenvalue weighted by Crippen LogP contribution is -2.32. The molecule has 0 unspecified atom stereocenters. The fourth-order valence-corrected chi connectivity index (χ4v) is 1.72. The Morgan fingerprint density at radius 3 is 2.86 bits per heavy atom. The van der Waals surface area contributed by atoms with Crippen LogP contribution in [0.4, 0.5) is 6.01 Å². The zero-order chi connectivity index (χ0) is 9.97. The molecule has 14 heavy (non-hydrogen) atoms. The van der Waals surface area contributed by atoms with E-state index in [4.69, 9.17) is 10.2 Å². The highest BCUT2D eigenvalue weighted by Crippen LogP contribution is 2.18. The largest absolute Gasteiger partial charge is 0.431 e. The van der Waals surface area contributed by atoms with Crippen LogP contribution < -0.4 is 11.1 Å². The van der Waals surface area contributed by atoms with E-state index in [1.807, 2.05) is 0 Å². The topological polar surface area (TPSA) is 81.1 Å². The van der Waals surface area contributed by atoms with Crippen LogP contribution in [0.3, 0.4) is 0 Å². The van der Waals surface area contributed by atoms with Crippen LogP contribution in [-0.2, 0) is 0 Å². The Balaban J connectivity index is 1.95. The van der Waals surface area contributed by atoms with Gasteiger partial charge in [-0.1, -0.05) is 12.8 Å². The molecule has 1 heterocycles. The van der Waals surface area contributed by atoms with Gasteiger partial charge in [-0.25, -0.2) is 0 Å². The van der Waals surface area contributed by atoms with Gasteiger partial charge in [0.1, 0.15) is 6.26 Å². The van der Waals surface area contributed by atoms with Crippen molar-refractivity contribution < 1.29 is 9.21 Å². The minimum atomic E-state index is -0.197. The van der Waals surface area contributed by atoms with Gasteiger partial charge in [-0.05, 0) is 12.8 Å². The van der Waals surface area contributed by atoms with Gasteiger partial charge in [0.2, 0.25) is 0 Å². The van der Waals surface area contributed by atoms with Gasteiger partial charge >= 0.3 is 0 Å². The van der Waals surface area contributed by atoms with E-state index < -0.39 is 0 Å². The van der Waals surface area contributed by atoms with E-state index in [0.29, 0.717) is 6.04 Å². The van der Waals surface area contributed by atoms with Crippen molar-refractivity contribution in [3.8, 4) is 0 Å². The molecule has 0 bridgehead atoms. The molecule has 0 saturated heterocycles. The first-order valence-electron chi connectivity index (χ1n) is 4.77. The lowest BCUT2D eigenvalue weighted by molar-refractivity contribution is 0.0933. The summed E-state index contributed by atoms with van der Waals surface area (Å²) in [6, 6.07) is 0.321. The summed E-state index contributed by atoms with van der Waals surface area (Å²) in [5.41, 5.74) is 5.53. The summed E-state index contributed by atoms with van der Waals surface area (Å²) in [5, 5.41) is 2.89. The number of rotatable bonds is 2. The summed E-state index contributed by atoms with van der Waals surface area (Å²) in [6.07, 6.45) is 5.76. The first-order valence-corrected chi connectivity index (χ1v) is 4.77. The van der Waals surface area contributed by atoms with Gasteiger partial charge in [0, 0.05) is 6.04 Å². The fourth-order valence-electron chi connectivity index (χ4n) is 1.72. The monoisotopic (exact) mass is 195 g/mol. The van der Waals surface area contributed by atoms with Crippen molar-refractivity contribution in [1.29, 1.82) is 0 Å². The summed E-state index contributed by atoms with van der Waals surface area (Å²) in [5.74, 6) is -0.197. The van der Waals surface area contributed by atoms with E-state index in [1.54, 1.807) is 0 Å². The molecular formula is C9H13N3O2. The molecule has 0 aromatic carbocycles. The summed E-state index contributed by atoms with van der Waals surface area (Å²) < 4.78 is 4.76. The van der Waals surface area contributed by atoms with Gasteiger partial charge in [0.05, 0.1) is 0 Å². The zero-order valence-corrected chi connectivity index (χ0v) is 7.82. The van der Waals surface area contributed by atoms with E-state index >= 15 is 0 Å². The van der Waals surface area contributed by atoms with Crippen molar-refractivity contribution in [3.63, 3.8) is 0 Å². The average Bonchev–Trinajstić information content (AvgIpc) is 2.75. The molecule has 2 rings (SSSR count). The van der Waals surface area contributed by atoms with Crippen molar-refractivity contribution in [2.75, 3.05) is 5.73 Å². The van der Waals surface area contributed by atoms with E-state index in [9.17, 15) is 4.79 Å². The second-order valence-corrected chi connectivity index (χ2v) is 3.53. The molecule has 0 aliphatic heterocycles. The molecule has 0 atom stereocenters. The van der Waals surface area contributed by atoms with Gasteiger partial charge in [-0.3, -0.25) is 4.79 Å². The molecule has 76 valence electrons. The molecule has 1 aliphatic rings. The highest BCUT2D eigenvalue weighted by molar-refractivity contribution is 5.92. The van der Waals surface area contributed by atoms with Crippen LogP contribution in [0.5, 0.6) is 0 Å². The predicted molar refractivity (Wildman–Crippen MR) is 50.6 cm³/mol. The number of nitrogens with zero attached hydrogens (tertiary/aromatic N) is 1. The van der Waals surface area contributed by atoms with Crippen LogP contribution in [0.2, 0.25) is 0 Å². The second-order valence-electron chi connectivity index (χ2n) is 3.53. The van der Waals surface area contributed by atoms with Crippen LogP contribution in [0.25, 0.3) is 0 Å². The number of amides is 1. The lowest BCUT2D eigenvalue weighted by atomic mass is 10.2. The number of nitrogens with two attached hydrogens (primary N) is 1. The number of nitrogens with one attached hydrogen (secondary N) is 1. The molecule has 1 aliphatic carbocycles. The average molecular weight is 195 g/mol. The van der Waals surface area contributed by atoms with Gasteiger partial charge in [0.25, 0.3) is 11.9 Å². The molecule has 5 heteroatoms. The standard InChI is InChI=1S/C9H13N3O2/c10-9-12-7(5-14-9)8(13)11-6-3-1-2-4-6/h5-6H,1-4H2,(H2,10,12)(H,11,13). The molecule has 0 spiro atoms. The molecule has 3 N–H and O–H groups in total. The Labute approximate surface area is 81.7 Å². The maximum atomic E-state index is 11.5. The zero-order valence-electron chi connectivity index (χ0n) is 7.82. The van der Waals surface area contributed by atoms with Crippen molar-refractivity contribution in [2.45, 2.75) is 31.7 Å². The molecule has 1 fully saturated rings. The van der Waals surface area contributed by atoms with Crippen LogP contribution in [0.1, 0.15) is 36.2 Å². The highest BCUT2D eigenvalue weighted by atomic mass is 16.4. The van der Waals surface area contributed by atoms with Gasteiger partial charge in [0.15, 0.2) is 5.69 Å². The summed E-state index contributed by atoms with van der Waals surface area (Å²) in [7, 11) is 0. The van der Waals surface area contributed by atoms with E-state index in [0.717, 1.165) is 12.8 Å². The third-order valence-electron chi connectivity index (χ3n) is 2.44. The van der Waals surface area contributed by atoms with Crippen LogP contribution >= 0.6 is 0 Å². The second kappa shape index (κ2) is 3.69. The van der Waals surface area contributed by atoms with Crippen molar-refractivity contribution >= 4 is 11.9 Å². The summed E-state index contributed by atoms with van der Waals surface area (Å²) in [6.45, 7) is 0. The molecule has 1 saturated carbocycles. The summed E-state index contributed by atoms with van der Waals surface area (Å²) in [4.78, 5) is 15.3. The molecule has 0 radical (unpaired) electrons. The number of carbonyl (C=O) groups excluding carboxylic acids is 1. The summed E-state index contributed by atoms with van der Waals surface area (Å²) >= 11 is 0. The maximum Gasteiger partial charge on any atom is 0.292 e. The van der Waals surface area contributed by atoms with Gasteiger partial charge in [-0.2, -0.15) is 4.98 Å². The number of oxazole rings is 1. The number of aromatic nitrogens is 1. The minimum absolute atomic E-state index is 0.0292. The Kier molecular flexibility index (Phi) is 2.39. The van der Waals surface area contributed by atoms with Crippen LogP contribution in [0, 0.1) is 0 Å². The Morgan fingerprint density at radius 2 is 2.29 bits per heavy atom. The number of nitrogen functional groups attached to an aromatic ring is 1. The number of carbonyl (C=O) groups is 1. The molecule has 1 aromatic heterocycles. The van der Waals surface area contributed by atoms with Crippen molar-refractivity contribution in [3.05, 3.63) is 12.0 Å². The third-order valence-corrected chi connectivity index (χ3v) is 2.44. The quantitative estimate of drug-likeness (QED) is 0.735.